The van der Waals surface area contributed by atoms with Gasteiger partial charge in [-0.1, -0.05) is 13.0 Å². The summed E-state index contributed by atoms with van der Waals surface area (Å²) in [6.45, 7) is 9.07. The average Bonchev–Trinajstić information content (AvgIpc) is 2.61. The summed E-state index contributed by atoms with van der Waals surface area (Å²) in [5.74, 6) is -2.12. The largest absolute Gasteiger partial charge is 0.493 e. The second-order valence-corrected chi connectivity index (χ2v) is 5.49. The van der Waals surface area contributed by atoms with Crippen molar-refractivity contribution in [2.24, 2.45) is 0 Å². The molecule has 1 aromatic carbocycles. The molecule has 0 aliphatic heterocycles. The molecule has 8 heteroatoms. The van der Waals surface area contributed by atoms with E-state index in [0.29, 0.717) is 25.9 Å². The zero-order valence-corrected chi connectivity index (χ0v) is 15.8. The molecular formula is C18H29NO7. The molecule has 0 aromatic heterocycles. The molecule has 0 radical (unpaired) electrons. The lowest BCUT2D eigenvalue weighted by Gasteiger charge is -2.13. The van der Waals surface area contributed by atoms with Crippen molar-refractivity contribution in [2.75, 3.05) is 33.5 Å². The lowest BCUT2D eigenvalue weighted by atomic mass is 10.2. The zero-order valence-electron chi connectivity index (χ0n) is 15.8. The highest BCUT2D eigenvalue weighted by Crippen LogP contribution is 2.27. The molecule has 1 atom stereocenters. The lowest BCUT2D eigenvalue weighted by Crippen LogP contribution is -2.29. The van der Waals surface area contributed by atoms with Gasteiger partial charge in [-0.25, -0.2) is 9.59 Å². The second kappa shape index (κ2) is 13.9. The monoisotopic (exact) mass is 371 g/mol. The van der Waals surface area contributed by atoms with Gasteiger partial charge >= 0.3 is 11.9 Å². The molecule has 26 heavy (non-hydrogen) atoms. The first-order chi connectivity index (χ1) is 12.3. The standard InChI is InChI=1S/C16H27NO3.C2H2O4/c1-5-14(3)17-8-9-19-10-11-20-15-7-6-13(2)12-16(15)18-4;3-1(4)2(5)6/h6-7,12,14,17H,5,8-11H2,1-4H3;(H,3,4)(H,5,6). The van der Waals surface area contributed by atoms with Crippen molar-refractivity contribution in [1.29, 1.82) is 0 Å². The number of hydrogen-bond acceptors (Lipinski definition) is 6. The van der Waals surface area contributed by atoms with Crippen LogP contribution < -0.4 is 14.8 Å². The smallest absolute Gasteiger partial charge is 0.414 e. The molecule has 0 aliphatic rings. The molecule has 0 saturated heterocycles. The quantitative estimate of drug-likeness (QED) is 0.422. The number of ether oxygens (including phenoxy) is 3. The third-order valence-corrected chi connectivity index (χ3v) is 3.34. The SMILES string of the molecule is CCC(C)NCCOCCOc1ccc(C)cc1OC.O=C(O)C(=O)O. The Morgan fingerprint density at radius 1 is 1.12 bits per heavy atom. The summed E-state index contributed by atoms with van der Waals surface area (Å²) in [6, 6.07) is 6.45. The van der Waals surface area contributed by atoms with Gasteiger partial charge in [0.2, 0.25) is 0 Å². The third-order valence-electron chi connectivity index (χ3n) is 3.34. The number of aryl methyl sites for hydroxylation is 1. The second-order valence-electron chi connectivity index (χ2n) is 5.49. The average molecular weight is 371 g/mol. The summed E-state index contributed by atoms with van der Waals surface area (Å²) in [6.07, 6.45) is 1.14. The first kappa shape index (κ1) is 23.7. The molecule has 1 rings (SSSR count). The highest BCUT2D eigenvalue weighted by Gasteiger charge is 2.04. The van der Waals surface area contributed by atoms with Crippen LogP contribution in [0.15, 0.2) is 18.2 Å². The molecule has 0 fully saturated rings. The van der Waals surface area contributed by atoms with Gasteiger partial charge in [-0.2, -0.15) is 0 Å². The Balaban J connectivity index is 0.000000896. The van der Waals surface area contributed by atoms with Gasteiger partial charge in [0.25, 0.3) is 0 Å². The number of benzene rings is 1. The Labute approximate surface area is 154 Å². The molecule has 0 bridgehead atoms. The normalized spacial score (nSPS) is 11.1. The maximum absolute atomic E-state index is 9.10. The van der Waals surface area contributed by atoms with Crippen LogP contribution in [-0.4, -0.2) is 61.7 Å². The van der Waals surface area contributed by atoms with E-state index in [-0.39, 0.29) is 0 Å². The van der Waals surface area contributed by atoms with E-state index in [2.05, 4.69) is 19.2 Å². The summed E-state index contributed by atoms with van der Waals surface area (Å²) in [5, 5.41) is 18.2. The molecule has 0 amide bonds. The molecule has 3 N–H and O–H groups in total. The van der Waals surface area contributed by atoms with Crippen LogP contribution >= 0.6 is 0 Å². The lowest BCUT2D eigenvalue weighted by molar-refractivity contribution is -0.159. The third kappa shape index (κ3) is 11.3. The van der Waals surface area contributed by atoms with E-state index in [4.69, 9.17) is 34.0 Å². The van der Waals surface area contributed by atoms with Crippen molar-refractivity contribution >= 4 is 11.9 Å². The van der Waals surface area contributed by atoms with E-state index >= 15 is 0 Å². The number of aliphatic carboxylic acids is 2. The molecule has 0 saturated carbocycles. The number of rotatable bonds is 10. The first-order valence-corrected chi connectivity index (χ1v) is 8.36. The van der Waals surface area contributed by atoms with E-state index in [1.54, 1.807) is 7.11 Å². The minimum absolute atomic E-state index is 0.531. The van der Waals surface area contributed by atoms with Crippen molar-refractivity contribution in [2.45, 2.75) is 33.2 Å². The summed E-state index contributed by atoms with van der Waals surface area (Å²) < 4.78 is 16.5. The number of carboxylic acid groups (broad SMARTS) is 2. The van der Waals surface area contributed by atoms with Crippen molar-refractivity contribution in [3.05, 3.63) is 23.8 Å². The zero-order chi connectivity index (χ0) is 19.9. The van der Waals surface area contributed by atoms with Gasteiger partial charge in [-0.05, 0) is 38.0 Å². The molecule has 148 valence electrons. The maximum atomic E-state index is 9.10. The number of carbonyl (C=O) groups is 2. The van der Waals surface area contributed by atoms with E-state index in [1.807, 2.05) is 25.1 Å². The van der Waals surface area contributed by atoms with Crippen LogP contribution in [0.3, 0.4) is 0 Å². The number of carboxylic acids is 2. The van der Waals surface area contributed by atoms with Crippen molar-refractivity contribution in [3.8, 4) is 11.5 Å². The highest BCUT2D eigenvalue weighted by molar-refractivity contribution is 6.27. The summed E-state index contributed by atoms with van der Waals surface area (Å²) in [4.78, 5) is 18.2. The fourth-order valence-electron chi connectivity index (χ4n) is 1.73. The van der Waals surface area contributed by atoms with Crippen LogP contribution in [0.1, 0.15) is 25.8 Å². The summed E-state index contributed by atoms with van der Waals surface area (Å²) in [7, 11) is 1.65. The molecule has 0 spiro atoms. The number of methoxy groups -OCH3 is 1. The Bertz CT molecular complexity index is 536. The fourth-order valence-corrected chi connectivity index (χ4v) is 1.73. The van der Waals surface area contributed by atoms with Gasteiger partial charge < -0.3 is 29.7 Å². The first-order valence-electron chi connectivity index (χ1n) is 8.36. The summed E-state index contributed by atoms with van der Waals surface area (Å²) in [5.41, 5.74) is 1.15. The summed E-state index contributed by atoms with van der Waals surface area (Å²) >= 11 is 0. The van der Waals surface area contributed by atoms with Crippen LogP contribution in [0.4, 0.5) is 0 Å². The number of hydrogen-bond donors (Lipinski definition) is 3. The highest BCUT2D eigenvalue weighted by atomic mass is 16.5. The van der Waals surface area contributed by atoms with Crippen LogP contribution in [0.5, 0.6) is 11.5 Å². The fraction of sp³-hybridized carbons (Fsp3) is 0.556. The Morgan fingerprint density at radius 2 is 1.77 bits per heavy atom. The molecule has 1 unspecified atom stereocenters. The maximum Gasteiger partial charge on any atom is 0.414 e. The van der Waals surface area contributed by atoms with Crippen LogP contribution in [0.25, 0.3) is 0 Å². The predicted octanol–water partition coefficient (Wildman–Crippen LogP) is 1.94. The molecule has 0 heterocycles. The van der Waals surface area contributed by atoms with Crippen LogP contribution in [0.2, 0.25) is 0 Å². The van der Waals surface area contributed by atoms with Gasteiger partial charge in [0.05, 0.1) is 20.3 Å². The van der Waals surface area contributed by atoms with Crippen molar-refractivity contribution in [3.63, 3.8) is 0 Å². The van der Waals surface area contributed by atoms with E-state index in [9.17, 15) is 0 Å². The topological polar surface area (TPSA) is 114 Å². The minimum atomic E-state index is -1.82. The predicted molar refractivity (Wildman–Crippen MR) is 97.1 cm³/mol. The van der Waals surface area contributed by atoms with Gasteiger partial charge in [-0.15, -0.1) is 0 Å². The van der Waals surface area contributed by atoms with E-state index in [1.165, 1.54) is 0 Å². The Kier molecular flexibility index (Phi) is 12.7. The van der Waals surface area contributed by atoms with E-state index < -0.39 is 11.9 Å². The van der Waals surface area contributed by atoms with E-state index in [0.717, 1.165) is 30.0 Å². The molecule has 8 nitrogen and oxygen atoms in total. The van der Waals surface area contributed by atoms with Crippen LogP contribution in [0, 0.1) is 6.92 Å². The van der Waals surface area contributed by atoms with Gasteiger partial charge in [-0.3, -0.25) is 0 Å². The molecule has 0 aliphatic carbocycles. The Hall–Kier alpha value is -2.32. The molecule has 1 aromatic rings. The van der Waals surface area contributed by atoms with Gasteiger partial charge in [0.15, 0.2) is 11.5 Å². The van der Waals surface area contributed by atoms with Crippen molar-refractivity contribution < 1.29 is 34.0 Å². The van der Waals surface area contributed by atoms with Crippen LogP contribution in [-0.2, 0) is 14.3 Å². The van der Waals surface area contributed by atoms with Gasteiger partial charge in [0.1, 0.15) is 6.61 Å². The number of nitrogens with one attached hydrogen (secondary N) is 1. The Morgan fingerprint density at radius 3 is 2.31 bits per heavy atom. The van der Waals surface area contributed by atoms with Crippen molar-refractivity contribution in [1.82, 2.24) is 5.32 Å². The van der Waals surface area contributed by atoms with Gasteiger partial charge in [0, 0.05) is 12.6 Å². The molecular weight excluding hydrogens is 342 g/mol. The minimum Gasteiger partial charge on any atom is -0.493 e.